The Bertz CT molecular complexity index is 454. The second-order valence-corrected chi connectivity index (χ2v) is 5.19. The molecule has 0 unspecified atom stereocenters. The molecule has 0 heterocycles. The number of nitrogens with one attached hydrogen (secondary N) is 1. The fourth-order valence-corrected chi connectivity index (χ4v) is 1.50. The fourth-order valence-electron chi connectivity index (χ4n) is 1.26. The summed E-state index contributed by atoms with van der Waals surface area (Å²) >= 11 is 4.15. The van der Waals surface area contributed by atoms with Crippen LogP contribution in [0.15, 0.2) is 17.0 Å². The zero-order valence-electron chi connectivity index (χ0n) is 10.8. The van der Waals surface area contributed by atoms with Crippen molar-refractivity contribution >= 4 is 24.4 Å². The minimum Gasteiger partial charge on any atom is -0.503 e. The minimum atomic E-state index is -0.654. The lowest BCUT2D eigenvalue weighted by atomic mass is 10.2. The summed E-state index contributed by atoms with van der Waals surface area (Å²) < 4.78 is 10.0. The summed E-state index contributed by atoms with van der Waals surface area (Å²) in [7, 11) is 1.42. The van der Waals surface area contributed by atoms with Gasteiger partial charge in [-0.15, -0.1) is 12.6 Å². The molecule has 6 heteroatoms. The molecule has 0 fully saturated rings. The van der Waals surface area contributed by atoms with Crippen molar-refractivity contribution in [1.29, 1.82) is 0 Å². The summed E-state index contributed by atoms with van der Waals surface area (Å²) in [5.74, 6) is 0.0646. The van der Waals surface area contributed by atoms with E-state index in [0.717, 1.165) is 0 Å². The van der Waals surface area contributed by atoms with E-state index >= 15 is 0 Å². The van der Waals surface area contributed by atoms with Crippen molar-refractivity contribution in [2.45, 2.75) is 31.3 Å². The van der Waals surface area contributed by atoms with Gasteiger partial charge < -0.3 is 14.6 Å². The third-order valence-corrected chi connectivity index (χ3v) is 2.17. The van der Waals surface area contributed by atoms with Crippen LogP contribution in [0.4, 0.5) is 10.5 Å². The number of aromatic hydroxyl groups is 1. The zero-order valence-corrected chi connectivity index (χ0v) is 11.7. The number of thiol groups is 1. The molecule has 0 spiro atoms. The summed E-state index contributed by atoms with van der Waals surface area (Å²) in [6.45, 7) is 5.26. The number of hydrogen-bond donors (Lipinski definition) is 3. The van der Waals surface area contributed by atoms with Gasteiger partial charge in [-0.3, -0.25) is 5.32 Å². The molecule has 0 aliphatic rings. The maximum atomic E-state index is 11.6. The second kappa shape index (κ2) is 5.39. The van der Waals surface area contributed by atoms with Gasteiger partial charge in [0.15, 0.2) is 11.5 Å². The first-order chi connectivity index (χ1) is 8.23. The molecule has 0 saturated carbocycles. The molecule has 0 aromatic heterocycles. The molecule has 0 saturated heterocycles. The summed E-state index contributed by atoms with van der Waals surface area (Å²) in [6, 6.07) is 3.05. The lowest BCUT2D eigenvalue weighted by molar-refractivity contribution is 0.0635. The average Bonchev–Trinajstić information content (AvgIpc) is 2.20. The summed E-state index contributed by atoms with van der Waals surface area (Å²) in [5, 5.41) is 12.3. The maximum absolute atomic E-state index is 11.6. The van der Waals surface area contributed by atoms with Gasteiger partial charge in [-0.25, -0.2) is 4.79 Å². The van der Waals surface area contributed by atoms with Gasteiger partial charge in [-0.05, 0) is 32.9 Å². The van der Waals surface area contributed by atoms with Crippen molar-refractivity contribution in [1.82, 2.24) is 0 Å². The number of rotatable bonds is 2. The van der Waals surface area contributed by atoms with Crippen LogP contribution in [0.2, 0.25) is 0 Å². The molecule has 18 heavy (non-hydrogen) atoms. The van der Waals surface area contributed by atoms with Crippen LogP contribution in [-0.2, 0) is 4.74 Å². The van der Waals surface area contributed by atoms with E-state index in [1.165, 1.54) is 13.2 Å². The van der Waals surface area contributed by atoms with Gasteiger partial charge in [-0.1, -0.05) is 0 Å². The normalized spacial score (nSPS) is 10.9. The number of phenolic OH excluding ortho intramolecular Hbond substituents is 1. The van der Waals surface area contributed by atoms with Crippen LogP contribution in [0.25, 0.3) is 0 Å². The van der Waals surface area contributed by atoms with Gasteiger partial charge in [0.25, 0.3) is 0 Å². The molecule has 1 amide bonds. The third kappa shape index (κ3) is 4.03. The second-order valence-electron chi connectivity index (χ2n) is 4.67. The Labute approximate surface area is 112 Å². The molecule has 2 N–H and O–H groups in total. The summed E-state index contributed by atoms with van der Waals surface area (Å²) in [4.78, 5) is 12.1. The lowest BCUT2D eigenvalue weighted by Gasteiger charge is -2.20. The predicted molar refractivity (Wildman–Crippen MR) is 71.8 cm³/mol. The number of benzene rings is 1. The first-order valence-electron chi connectivity index (χ1n) is 5.33. The summed E-state index contributed by atoms with van der Waals surface area (Å²) in [6.07, 6.45) is -0.654. The number of hydrogen-bond acceptors (Lipinski definition) is 5. The fraction of sp³-hybridized carbons (Fsp3) is 0.417. The van der Waals surface area contributed by atoms with Gasteiger partial charge in [0.2, 0.25) is 0 Å². The Kier molecular flexibility index (Phi) is 4.34. The molecule has 5 nitrogen and oxygen atoms in total. The van der Waals surface area contributed by atoms with E-state index in [1.807, 2.05) is 0 Å². The molecule has 0 atom stereocenters. The number of anilines is 1. The van der Waals surface area contributed by atoms with E-state index in [1.54, 1.807) is 26.8 Å². The van der Waals surface area contributed by atoms with E-state index in [4.69, 9.17) is 9.47 Å². The van der Waals surface area contributed by atoms with Crippen LogP contribution in [0, 0.1) is 0 Å². The number of carbonyl (C=O) groups is 1. The van der Waals surface area contributed by atoms with Crippen LogP contribution >= 0.6 is 12.6 Å². The van der Waals surface area contributed by atoms with Crippen LogP contribution in [-0.4, -0.2) is 23.9 Å². The number of methoxy groups -OCH3 is 1. The molecule has 1 aromatic rings. The highest BCUT2D eigenvalue weighted by molar-refractivity contribution is 7.80. The molecule has 0 radical (unpaired) electrons. The maximum Gasteiger partial charge on any atom is 0.412 e. The Morgan fingerprint density at radius 2 is 2.00 bits per heavy atom. The summed E-state index contributed by atoms with van der Waals surface area (Å²) in [5.41, 5.74) is -0.420. The highest BCUT2D eigenvalue weighted by Crippen LogP contribution is 2.36. The number of amides is 1. The van der Waals surface area contributed by atoms with Gasteiger partial charge in [0, 0.05) is 4.90 Å². The quantitative estimate of drug-likeness (QED) is 0.571. The number of phenols is 1. The van der Waals surface area contributed by atoms with Crippen molar-refractivity contribution in [2.24, 2.45) is 0 Å². The first-order valence-corrected chi connectivity index (χ1v) is 5.77. The average molecular weight is 271 g/mol. The SMILES string of the molecule is COc1cc(S)cc(NC(=O)OC(C)(C)C)c1O. The molecular weight excluding hydrogens is 254 g/mol. The van der Waals surface area contributed by atoms with Gasteiger partial charge in [-0.2, -0.15) is 0 Å². The van der Waals surface area contributed by atoms with E-state index in [9.17, 15) is 9.90 Å². The number of carbonyl (C=O) groups excluding carboxylic acids is 1. The van der Waals surface area contributed by atoms with E-state index in [-0.39, 0.29) is 17.2 Å². The van der Waals surface area contributed by atoms with Gasteiger partial charge in [0.05, 0.1) is 12.8 Å². The van der Waals surface area contributed by atoms with E-state index < -0.39 is 11.7 Å². The number of ether oxygens (including phenoxy) is 2. The molecule has 1 aromatic carbocycles. The van der Waals surface area contributed by atoms with Crippen molar-refractivity contribution < 1.29 is 19.4 Å². The van der Waals surface area contributed by atoms with Crippen molar-refractivity contribution in [3.05, 3.63) is 12.1 Å². The van der Waals surface area contributed by atoms with Crippen LogP contribution < -0.4 is 10.1 Å². The van der Waals surface area contributed by atoms with Gasteiger partial charge >= 0.3 is 6.09 Å². The molecule has 0 aliphatic heterocycles. The Balaban J connectivity index is 2.91. The topological polar surface area (TPSA) is 67.8 Å². The molecular formula is C12H17NO4S. The first kappa shape index (κ1) is 14.5. The van der Waals surface area contributed by atoms with Crippen molar-refractivity contribution in [2.75, 3.05) is 12.4 Å². The highest BCUT2D eigenvalue weighted by atomic mass is 32.1. The minimum absolute atomic E-state index is 0.166. The zero-order chi connectivity index (χ0) is 13.9. The Hall–Kier alpha value is -1.56. The van der Waals surface area contributed by atoms with Crippen LogP contribution in [0.3, 0.4) is 0 Å². The highest BCUT2D eigenvalue weighted by Gasteiger charge is 2.18. The van der Waals surface area contributed by atoms with Crippen LogP contribution in [0.1, 0.15) is 20.8 Å². The predicted octanol–water partition coefficient (Wildman–Crippen LogP) is 3.04. The monoisotopic (exact) mass is 271 g/mol. The molecule has 0 bridgehead atoms. The van der Waals surface area contributed by atoms with Crippen LogP contribution in [0.5, 0.6) is 11.5 Å². The molecule has 0 aliphatic carbocycles. The van der Waals surface area contributed by atoms with Crippen molar-refractivity contribution in [3.63, 3.8) is 0 Å². The van der Waals surface area contributed by atoms with Crippen molar-refractivity contribution in [3.8, 4) is 11.5 Å². The molecule has 100 valence electrons. The van der Waals surface area contributed by atoms with Gasteiger partial charge in [0.1, 0.15) is 5.60 Å². The van der Waals surface area contributed by atoms with E-state index in [2.05, 4.69) is 17.9 Å². The standard InChI is InChI=1S/C12H17NO4S/c1-12(2,3)17-11(15)13-8-5-7(18)6-9(16-4)10(8)14/h5-6,14,18H,1-4H3,(H,13,15). The Morgan fingerprint density at radius 3 is 2.50 bits per heavy atom. The molecule has 1 rings (SSSR count). The van der Waals surface area contributed by atoms with E-state index in [0.29, 0.717) is 4.90 Å². The largest absolute Gasteiger partial charge is 0.503 e. The Morgan fingerprint density at radius 1 is 1.39 bits per heavy atom. The third-order valence-electron chi connectivity index (χ3n) is 1.92. The smallest absolute Gasteiger partial charge is 0.412 e. The lowest BCUT2D eigenvalue weighted by Crippen LogP contribution is -2.27.